The fourth-order valence-corrected chi connectivity index (χ4v) is 4.50. The molecule has 2 nitrogen and oxygen atoms in total. The molecule has 0 amide bonds. The van der Waals surface area contributed by atoms with Gasteiger partial charge < -0.3 is 5.32 Å². The van der Waals surface area contributed by atoms with E-state index in [1.54, 1.807) is 5.57 Å². The van der Waals surface area contributed by atoms with Crippen LogP contribution < -0.4 is 5.32 Å². The molecule has 2 heteroatoms. The van der Waals surface area contributed by atoms with Crippen molar-refractivity contribution in [2.75, 3.05) is 19.6 Å². The van der Waals surface area contributed by atoms with Crippen molar-refractivity contribution in [3.63, 3.8) is 0 Å². The molecule has 0 aromatic carbocycles. The van der Waals surface area contributed by atoms with Crippen LogP contribution in [0.1, 0.15) is 34.0 Å². The van der Waals surface area contributed by atoms with Gasteiger partial charge in [-0.15, -0.1) is 0 Å². The summed E-state index contributed by atoms with van der Waals surface area (Å²) in [7, 11) is 0. The van der Waals surface area contributed by atoms with Crippen LogP contribution >= 0.6 is 0 Å². The molecule has 0 bridgehead atoms. The number of likely N-dealkylation sites (tertiary alicyclic amines) is 1. The van der Waals surface area contributed by atoms with Crippen molar-refractivity contribution in [1.29, 1.82) is 0 Å². The minimum absolute atomic E-state index is 0. The molecule has 3 unspecified atom stereocenters. The van der Waals surface area contributed by atoms with E-state index in [4.69, 9.17) is 0 Å². The molecule has 4 rings (SSSR count). The molecule has 0 aromatic heterocycles. The average Bonchev–Trinajstić information content (AvgIpc) is 2.91. The molecule has 0 aromatic rings. The predicted molar refractivity (Wildman–Crippen MR) is 81.1 cm³/mol. The van der Waals surface area contributed by atoms with Crippen LogP contribution in [0, 0.1) is 17.8 Å². The lowest BCUT2D eigenvalue weighted by Gasteiger charge is -2.30. The Labute approximate surface area is 118 Å². The Morgan fingerprint density at radius 3 is 3.16 bits per heavy atom. The first kappa shape index (κ1) is 12.2. The first-order chi connectivity index (χ1) is 9.33. The first-order valence-electron chi connectivity index (χ1n) is 8.19. The molecule has 19 heavy (non-hydrogen) atoms. The van der Waals surface area contributed by atoms with E-state index in [1.807, 2.05) is 0 Å². The van der Waals surface area contributed by atoms with Gasteiger partial charge in [-0.2, -0.15) is 0 Å². The van der Waals surface area contributed by atoms with Crippen LogP contribution in [0.2, 0.25) is 0 Å². The van der Waals surface area contributed by atoms with E-state index in [0.29, 0.717) is 0 Å². The summed E-state index contributed by atoms with van der Waals surface area (Å²) in [6.07, 6.45) is 13.0. The van der Waals surface area contributed by atoms with Crippen LogP contribution in [0.3, 0.4) is 0 Å². The van der Waals surface area contributed by atoms with Gasteiger partial charge in [0, 0.05) is 20.1 Å². The summed E-state index contributed by atoms with van der Waals surface area (Å²) in [5.74, 6) is 2.64. The van der Waals surface area contributed by atoms with E-state index in [-0.39, 0.29) is 1.43 Å². The van der Waals surface area contributed by atoms with Gasteiger partial charge in [-0.3, -0.25) is 4.90 Å². The first-order valence-corrected chi connectivity index (χ1v) is 8.19. The molecule has 2 aliphatic carbocycles. The van der Waals surface area contributed by atoms with Crippen molar-refractivity contribution in [3.05, 3.63) is 23.8 Å². The second-order valence-electron chi connectivity index (χ2n) is 7.00. The topological polar surface area (TPSA) is 15.3 Å². The van der Waals surface area contributed by atoms with E-state index in [2.05, 4.69) is 35.4 Å². The SMILES string of the molecule is CC1C2C=CC(CN3CCCC[C@H]4NCC[C@H]43)=CC12.[HH]. The molecular formula is C17H28N2. The zero-order chi connectivity index (χ0) is 12.8. The Morgan fingerprint density at radius 2 is 2.26 bits per heavy atom. The Morgan fingerprint density at radius 1 is 1.32 bits per heavy atom. The number of nitrogens with one attached hydrogen (secondary N) is 1. The number of hydrogen-bond donors (Lipinski definition) is 1. The van der Waals surface area contributed by atoms with Gasteiger partial charge in [0.05, 0.1) is 0 Å². The third-order valence-electron chi connectivity index (χ3n) is 5.83. The van der Waals surface area contributed by atoms with Gasteiger partial charge in [-0.1, -0.05) is 31.6 Å². The number of fused-ring (bicyclic) bond motifs is 2. The highest BCUT2D eigenvalue weighted by Gasteiger charge is 2.44. The largest absolute Gasteiger partial charge is 0.312 e. The smallest absolute Gasteiger partial charge is 0.0264 e. The van der Waals surface area contributed by atoms with Crippen molar-refractivity contribution >= 4 is 0 Å². The van der Waals surface area contributed by atoms with Crippen molar-refractivity contribution in [1.82, 2.24) is 10.2 Å². The molecule has 5 atom stereocenters. The van der Waals surface area contributed by atoms with Crippen LogP contribution in [-0.2, 0) is 0 Å². The van der Waals surface area contributed by atoms with Crippen molar-refractivity contribution < 1.29 is 1.43 Å². The molecule has 3 fully saturated rings. The van der Waals surface area contributed by atoms with E-state index in [9.17, 15) is 0 Å². The highest BCUT2D eigenvalue weighted by Crippen LogP contribution is 2.50. The molecule has 2 heterocycles. The summed E-state index contributed by atoms with van der Waals surface area (Å²) < 4.78 is 0. The Bertz CT molecular complexity index is 417. The van der Waals surface area contributed by atoms with Crippen LogP contribution in [0.4, 0.5) is 0 Å². The van der Waals surface area contributed by atoms with Gasteiger partial charge in [0.1, 0.15) is 0 Å². The van der Waals surface area contributed by atoms with Crippen LogP contribution in [0.5, 0.6) is 0 Å². The van der Waals surface area contributed by atoms with Gasteiger partial charge in [0.25, 0.3) is 0 Å². The number of allylic oxidation sites excluding steroid dienone is 2. The maximum atomic E-state index is 3.71. The molecule has 1 saturated carbocycles. The second-order valence-corrected chi connectivity index (χ2v) is 7.00. The Kier molecular flexibility index (Phi) is 3.04. The highest BCUT2D eigenvalue weighted by molar-refractivity contribution is 5.33. The summed E-state index contributed by atoms with van der Waals surface area (Å²) in [4.78, 5) is 2.77. The molecular weight excluding hydrogens is 232 g/mol. The van der Waals surface area contributed by atoms with Gasteiger partial charge in [-0.25, -0.2) is 0 Å². The molecule has 0 spiro atoms. The molecule has 0 radical (unpaired) electrons. The van der Waals surface area contributed by atoms with Gasteiger partial charge in [0.2, 0.25) is 0 Å². The standard InChI is InChI=1S/C17H26N2.H2/c1-12-14-6-5-13(10-15(12)14)11-19-9-3-2-4-16-17(19)7-8-18-16;/h5-6,10,12,14-18H,2-4,7-9,11H2,1H3;1H/t12?,14?,15?,16-,17-;/m1./s1. The van der Waals surface area contributed by atoms with E-state index in [1.165, 1.54) is 45.3 Å². The number of nitrogens with zero attached hydrogens (tertiary/aromatic N) is 1. The third kappa shape index (κ3) is 2.19. The van der Waals surface area contributed by atoms with Crippen molar-refractivity contribution in [2.24, 2.45) is 17.8 Å². The molecule has 2 saturated heterocycles. The zero-order valence-corrected chi connectivity index (χ0v) is 12.0. The average molecular weight is 260 g/mol. The fraction of sp³-hybridized carbons (Fsp3) is 0.765. The lowest BCUT2D eigenvalue weighted by molar-refractivity contribution is 0.212. The van der Waals surface area contributed by atoms with E-state index in [0.717, 1.165) is 29.8 Å². The molecule has 4 aliphatic rings. The summed E-state index contributed by atoms with van der Waals surface area (Å²) in [6, 6.07) is 1.56. The summed E-state index contributed by atoms with van der Waals surface area (Å²) in [5.41, 5.74) is 1.58. The lowest BCUT2D eigenvalue weighted by atomic mass is 10.0. The van der Waals surface area contributed by atoms with Gasteiger partial charge >= 0.3 is 0 Å². The number of hydrogen-bond acceptors (Lipinski definition) is 2. The quantitative estimate of drug-likeness (QED) is 0.821. The highest BCUT2D eigenvalue weighted by atomic mass is 15.2. The summed E-state index contributed by atoms with van der Waals surface area (Å²) >= 11 is 0. The zero-order valence-electron chi connectivity index (χ0n) is 12.0. The van der Waals surface area contributed by atoms with Crippen LogP contribution in [0.25, 0.3) is 0 Å². The number of rotatable bonds is 2. The minimum atomic E-state index is 0. The monoisotopic (exact) mass is 260 g/mol. The van der Waals surface area contributed by atoms with E-state index < -0.39 is 0 Å². The maximum Gasteiger partial charge on any atom is 0.0264 e. The van der Waals surface area contributed by atoms with Gasteiger partial charge in [-0.05, 0) is 55.7 Å². The second kappa shape index (κ2) is 4.75. The minimum Gasteiger partial charge on any atom is -0.312 e. The fourth-order valence-electron chi connectivity index (χ4n) is 4.50. The third-order valence-corrected chi connectivity index (χ3v) is 5.83. The van der Waals surface area contributed by atoms with Crippen LogP contribution in [-0.4, -0.2) is 36.6 Å². The molecule has 106 valence electrons. The molecule has 2 aliphatic heterocycles. The van der Waals surface area contributed by atoms with Crippen LogP contribution in [0.15, 0.2) is 23.8 Å². The predicted octanol–water partition coefficient (Wildman–Crippen LogP) is 2.83. The Balaban J connectivity index is 0.00000121. The normalized spacial score (nSPS) is 45.3. The summed E-state index contributed by atoms with van der Waals surface area (Å²) in [6.45, 7) is 6.11. The van der Waals surface area contributed by atoms with Crippen molar-refractivity contribution in [2.45, 2.75) is 44.7 Å². The van der Waals surface area contributed by atoms with Gasteiger partial charge in [0.15, 0.2) is 0 Å². The maximum absolute atomic E-state index is 3.71. The molecule has 1 N–H and O–H groups in total. The van der Waals surface area contributed by atoms with E-state index >= 15 is 0 Å². The Hall–Kier alpha value is -0.600. The summed E-state index contributed by atoms with van der Waals surface area (Å²) in [5, 5.41) is 3.71. The lowest BCUT2D eigenvalue weighted by Crippen LogP contribution is -2.43. The van der Waals surface area contributed by atoms with Crippen molar-refractivity contribution in [3.8, 4) is 0 Å².